The highest BCUT2D eigenvalue weighted by atomic mass is 16.2. The van der Waals surface area contributed by atoms with Crippen LogP contribution >= 0.6 is 0 Å². The van der Waals surface area contributed by atoms with Gasteiger partial charge in [0.15, 0.2) is 0 Å². The number of likely N-dealkylation sites (tertiary alicyclic amines) is 1. The number of nitrogens with two attached hydrogens (primary N) is 1. The van der Waals surface area contributed by atoms with Gasteiger partial charge in [-0.2, -0.15) is 0 Å². The van der Waals surface area contributed by atoms with E-state index in [4.69, 9.17) is 5.73 Å². The average Bonchev–Trinajstić information content (AvgIpc) is 2.53. The molecule has 1 saturated heterocycles. The molecule has 2 N–H and O–H groups in total. The van der Waals surface area contributed by atoms with Gasteiger partial charge in [-0.3, -0.25) is 4.79 Å². The zero-order chi connectivity index (χ0) is 9.26. The first-order chi connectivity index (χ1) is 6.27. The third-order valence-electron chi connectivity index (χ3n) is 3.25. The molecule has 3 nitrogen and oxygen atoms in total. The number of carbonyl (C=O) groups excluding carboxylic acids is 1. The lowest BCUT2D eigenvalue weighted by Crippen LogP contribution is -2.42. The number of hydrogen-bond donors (Lipinski definition) is 1. The second kappa shape index (κ2) is 3.66. The van der Waals surface area contributed by atoms with Crippen molar-refractivity contribution < 1.29 is 4.79 Å². The van der Waals surface area contributed by atoms with Crippen LogP contribution in [0.4, 0.5) is 0 Å². The van der Waals surface area contributed by atoms with Gasteiger partial charge in [-0.05, 0) is 32.1 Å². The molecule has 0 aromatic heterocycles. The van der Waals surface area contributed by atoms with Crippen molar-refractivity contribution in [3.8, 4) is 0 Å². The predicted molar refractivity (Wildman–Crippen MR) is 51.2 cm³/mol. The number of amides is 1. The van der Waals surface area contributed by atoms with Crippen LogP contribution in [0.15, 0.2) is 0 Å². The molecule has 1 aliphatic heterocycles. The summed E-state index contributed by atoms with van der Waals surface area (Å²) in [7, 11) is 0. The number of nitrogens with zero attached hydrogens (tertiary/aromatic N) is 1. The lowest BCUT2D eigenvalue weighted by molar-refractivity contribution is -0.135. The quantitative estimate of drug-likeness (QED) is 0.654. The van der Waals surface area contributed by atoms with E-state index in [0.29, 0.717) is 18.0 Å². The normalized spacial score (nSPS) is 35.5. The van der Waals surface area contributed by atoms with Crippen LogP contribution in [0, 0.1) is 0 Å². The molecular weight excluding hydrogens is 164 g/mol. The minimum atomic E-state index is 0.333. The molecule has 1 saturated carbocycles. The Labute approximate surface area is 79.3 Å². The molecule has 1 aliphatic carbocycles. The van der Waals surface area contributed by atoms with E-state index in [0.717, 1.165) is 38.6 Å². The summed E-state index contributed by atoms with van der Waals surface area (Å²) in [4.78, 5) is 13.6. The first-order valence-corrected chi connectivity index (χ1v) is 5.32. The zero-order valence-electron chi connectivity index (χ0n) is 8.04. The van der Waals surface area contributed by atoms with Crippen molar-refractivity contribution in [2.45, 2.75) is 50.6 Å². The van der Waals surface area contributed by atoms with Crippen LogP contribution in [0.2, 0.25) is 0 Å². The van der Waals surface area contributed by atoms with Crippen LogP contribution in [0.5, 0.6) is 0 Å². The molecular formula is C10H18N2O. The third kappa shape index (κ3) is 1.85. The molecule has 2 atom stereocenters. The van der Waals surface area contributed by atoms with Gasteiger partial charge in [-0.1, -0.05) is 0 Å². The van der Waals surface area contributed by atoms with Crippen molar-refractivity contribution >= 4 is 5.91 Å². The molecule has 2 unspecified atom stereocenters. The van der Waals surface area contributed by atoms with Gasteiger partial charge in [-0.15, -0.1) is 0 Å². The second-order valence-corrected chi connectivity index (χ2v) is 4.27. The summed E-state index contributed by atoms with van der Waals surface area (Å²) in [5.41, 5.74) is 5.84. The molecule has 2 rings (SSSR count). The molecule has 3 heteroatoms. The van der Waals surface area contributed by atoms with Gasteiger partial charge in [-0.25, -0.2) is 0 Å². The standard InChI is InChI=1S/C10H18N2O/c11-8-4-5-9(7-8)12-6-2-1-3-10(12)13/h8-9H,1-7,11H2. The molecule has 2 fully saturated rings. The summed E-state index contributed by atoms with van der Waals surface area (Å²) in [6.45, 7) is 0.968. The molecule has 2 aliphatic rings. The summed E-state index contributed by atoms with van der Waals surface area (Å²) in [6, 6.07) is 0.794. The van der Waals surface area contributed by atoms with Crippen LogP contribution in [0.1, 0.15) is 38.5 Å². The Kier molecular flexibility index (Phi) is 2.54. The van der Waals surface area contributed by atoms with Crippen molar-refractivity contribution in [2.24, 2.45) is 5.73 Å². The fourth-order valence-electron chi connectivity index (χ4n) is 2.49. The maximum Gasteiger partial charge on any atom is 0.222 e. The van der Waals surface area contributed by atoms with E-state index in [2.05, 4.69) is 4.90 Å². The molecule has 13 heavy (non-hydrogen) atoms. The van der Waals surface area contributed by atoms with E-state index in [1.54, 1.807) is 0 Å². The molecule has 0 radical (unpaired) electrons. The molecule has 0 aromatic rings. The molecule has 1 heterocycles. The molecule has 74 valence electrons. The summed E-state index contributed by atoms with van der Waals surface area (Å²) >= 11 is 0. The Hall–Kier alpha value is -0.570. The maximum absolute atomic E-state index is 11.6. The van der Waals surface area contributed by atoms with E-state index >= 15 is 0 Å². The largest absolute Gasteiger partial charge is 0.340 e. The van der Waals surface area contributed by atoms with E-state index < -0.39 is 0 Å². The van der Waals surface area contributed by atoms with Gasteiger partial charge in [0.05, 0.1) is 0 Å². The smallest absolute Gasteiger partial charge is 0.222 e. The highest BCUT2D eigenvalue weighted by Crippen LogP contribution is 2.25. The number of rotatable bonds is 1. The van der Waals surface area contributed by atoms with Crippen molar-refractivity contribution in [3.63, 3.8) is 0 Å². The maximum atomic E-state index is 11.6. The number of piperidine rings is 1. The van der Waals surface area contributed by atoms with E-state index in [1.165, 1.54) is 6.42 Å². The minimum absolute atomic E-state index is 0.333. The first-order valence-electron chi connectivity index (χ1n) is 5.32. The summed E-state index contributed by atoms with van der Waals surface area (Å²) < 4.78 is 0. The van der Waals surface area contributed by atoms with Gasteiger partial charge in [0.1, 0.15) is 0 Å². The summed E-state index contributed by atoms with van der Waals surface area (Å²) in [5, 5.41) is 0. The lowest BCUT2D eigenvalue weighted by atomic mass is 10.1. The Bertz CT molecular complexity index is 205. The van der Waals surface area contributed by atoms with Crippen LogP contribution in [0.25, 0.3) is 0 Å². The monoisotopic (exact) mass is 182 g/mol. The summed E-state index contributed by atoms with van der Waals surface area (Å²) in [6.07, 6.45) is 6.24. The van der Waals surface area contributed by atoms with Gasteiger partial charge < -0.3 is 10.6 Å². The molecule has 0 bridgehead atoms. The topological polar surface area (TPSA) is 46.3 Å². The predicted octanol–water partition coefficient (Wildman–Crippen LogP) is 0.879. The van der Waals surface area contributed by atoms with Crippen LogP contribution in [0.3, 0.4) is 0 Å². The second-order valence-electron chi connectivity index (χ2n) is 4.27. The van der Waals surface area contributed by atoms with Crippen LogP contribution < -0.4 is 5.73 Å². The molecule has 0 spiro atoms. The number of hydrogen-bond acceptors (Lipinski definition) is 2. The highest BCUT2D eigenvalue weighted by molar-refractivity contribution is 5.77. The van der Waals surface area contributed by atoms with E-state index in [-0.39, 0.29) is 0 Å². The Morgan fingerprint density at radius 1 is 1.31 bits per heavy atom. The van der Waals surface area contributed by atoms with Crippen LogP contribution in [-0.2, 0) is 4.79 Å². The van der Waals surface area contributed by atoms with Gasteiger partial charge in [0.2, 0.25) is 5.91 Å². The molecule has 1 amide bonds. The third-order valence-corrected chi connectivity index (χ3v) is 3.25. The SMILES string of the molecule is NC1CCC(N2CCCCC2=O)C1. The lowest BCUT2D eigenvalue weighted by Gasteiger charge is -2.32. The van der Waals surface area contributed by atoms with Gasteiger partial charge >= 0.3 is 0 Å². The van der Waals surface area contributed by atoms with Crippen molar-refractivity contribution in [2.75, 3.05) is 6.54 Å². The Morgan fingerprint density at radius 3 is 2.77 bits per heavy atom. The van der Waals surface area contributed by atoms with Crippen molar-refractivity contribution in [1.29, 1.82) is 0 Å². The fourth-order valence-corrected chi connectivity index (χ4v) is 2.49. The van der Waals surface area contributed by atoms with Crippen LogP contribution in [-0.4, -0.2) is 29.4 Å². The number of carbonyl (C=O) groups is 1. The Morgan fingerprint density at radius 2 is 2.15 bits per heavy atom. The zero-order valence-corrected chi connectivity index (χ0v) is 8.04. The van der Waals surface area contributed by atoms with E-state index in [1.807, 2.05) is 0 Å². The van der Waals surface area contributed by atoms with Gasteiger partial charge in [0.25, 0.3) is 0 Å². The minimum Gasteiger partial charge on any atom is -0.340 e. The van der Waals surface area contributed by atoms with Crippen molar-refractivity contribution in [1.82, 2.24) is 4.90 Å². The fraction of sp³-hybridized carbons (Fsp3) is 0.900. The van der Waals surface area contributed by atoms with E-state index in [9.17, 15) is 4.79 Å². The first kappa shape index (κ1) is 9.00. The van der Waals surface area contributed by atoms with Gasteiger partial charge in [0, 0.05) is 25.0 Å². The van der Waals surface area contributed by atoms with Crippen molar-refractivity contribution in [3.05, 3.63) is 0 Å². The average molecular weight is 182 g/mol. The Balaban J connectivity index is 1.95. The molecule has 0 aromatic carbocycles. The summed E-state index contributed by atoms with van der Waals surface area (Å²) in [5.74, 6) is 0.352. The highest BCUT2D eigenvalue weighted by Gasteiger charge is 2.31.